The summed E-state index contributed by atoms with van der Waals surface area (Å²) in [5.41, 5.74) is 5.32. The maximum atomic E-state index is 6.85. The fourth-order valence-electron chi connectivity index (χ4n) is 5.32. The molecule has 1 saturated heterocycles. The van der Waals surface area contributed by atoms with Crippen LogP contribution in [-0.2, 0) is 11.8 Å². The fraction of sp³-hybridized carbons (Fsp3) is 0.423. The Labute approximate surface area is 209 Å². The van der Waals surface area contributed by atoms with Gasteiger partial charge in [0.1, 0.15) is 5.75 Å². The molecule has 2 aliphatic rings. The first-order chi connectivity index (χ1) is 16.9. The van der Waals surface area contributed by atoms with Crippen molar-refractivity contribution in [2.45, 2.75) is 38.3 Å². The van der Waals surface area contributed by atoms with Gasteiger partial charge in [0, 0.05) is 66.9 Å². The lowest BCUT2D eigenvalue weighted by Crippen LogP contribution is -2.57. The molecule has 6 rings (SSSR count). The van der Waals surface area contributed by atoms with Crippen LogP contribution in [0.25, 0.3) is 33.2 Å². The lowest BCUT2D eigenvalue weighted by molar-refractivity contribution is 0.0511. The molecule has 3 aromatic heterocycles. The van der Waals surface area contributed by atoms with Crippen molar-refractivity contribution in [3.8, 4) is 17.0 Å². The topological polar surface area (TPSA) is 77.3 Å². The van der Waals surface area contributed by atoms with Crippen molar-refractivity contribution in [3.63, 3.8) is 0 Å². The molecule has 0 unspecified atom stereocenters. The molecule has 1 aliphatic carbocycles. The summed E-state index contributed by atoms with van der Waals surface area (Å²) in [6.45, 7) is 6.31. The number of benzene rings is 1. The summed E-state index contributed by atoms with van der Waals surface area (Å²) >= 11 is 6.85. The Morgan fingerprint density at radius 3 is 2.86 bits per heavy atom. The first kappa shape index (κ1) is 22.5. The van der Waals surface area contributed by atoms with E-state index in [1.807, 2.05) is 38.5 Å². The van der Waals surface area contributed by atoms with Crippen molar-refractivity contribution >= 4 is 39.2 Å². The van der Waals surface area contributed by atoms with Gasteiger partial charge in [-0.2, -0.15) is 5.10 Å². The molecule has 0 radical (unpaired) electrons. The van der Waals surface area contributed by atoms with E-state index in [1.54, 1.807) is 11.8 Å². The first-order valence-electron chi connectivity index (χ1n) is 11.9. The van der Waals surface area contributed by atoms with Crippen molar-refractivity contribution in [1.29, 1.82) is 0 Å². The Hall–Kier alpha value is -2.94. The SMILES string of the molecule is COCOc1c(-c2cc(Cl)c3cc(N4C[C@H](C)NC5(CC5)C4)cnc3n2)cc2cn(C)nc2c1C. The minimum Gasteiger partial charge on any atom is -0.466 e. The second kappa shape index (κ2) is 8.33. The van der Waals surface area contributed by atoms with E-state index in [4.69, 9.17) is 31.0 Å². The summed E-state index contributed by atoms with van der Waals surface area (Å²) in [6.07, 6.45) is 6.37. The molecule has 4 aromatic rings. The molecule has 1 aliphatic heterocycles. The summed E-state index contributed by atoms with van der Waals surface area (Å²) in [5, 5.41) is 10.8. The number of hydrogen-bond acceptors (Lipinski definition) is 7. The summed E-state index contributed by atoms with van der Waals surface area (Å²) in [4.78, 5) is 12.1. The number of ether oxygens (including phenoxy) is 2. The third-order valence-corrected chi connectivity index (χ3v) is 7.37. The highest BCUT2D eigenvalue weighted by Crippen LogP contribution is 2.41. The van der Waals surface area contributed by atoms with E-state index in [2.05, 4.69) is 28.3 Å². The number of aromatic nitrogens is 4. The largest absolute Gasteiger partial charge is 0.466 e. The van der Waals surface area contributed by atoms with Crippen molar-refractivity contribution in [1.82, 2.24) is 25.1 Å². The zero-order valence-electron chi connectivity index (χ0n) is 20.4. The van der Waals surface area contributed by atoms with Crippen molar-refractivity contribution in [2.75, 3.05) is 31.9 Å². The summed E-state index contributed by atoms with van der Waals surface area (Å²) in [6, 6.07) is 6.49. The minimum atomic E-state index is 0.125. The summed E-state index contributed by atoms with van der Waals surface area (Å²) < 4.78 is 13.0. The summed E-state index contributed by atoms with van der Waals surface area (Å²) in [7, 11) is 3.51. The Morgan fingerprint density at radius 2 is 2.09 bits per heavy atom. The number of pyridine rings is 2. The van der Waals surface area contributed by atoms with E-state index in [9.17, 15) is 0 Å². The Kier molecular flexibility index (Phi) is 5.36. The number of hydrogen-bond donors (Lipinski definition) is 1. The van der Waals surface area contributed by atoms with Crippen LogP contribution < -0.4 is 15.0 Å². The minimum absolute atomic E-state index is 0.125. The molecule has 35 heavy (non-hydrogen) atoms. The predicted octanol–water partition coefficient (Wildman–Crippen LogP) is 4.46. The van der Waals surface area contributed by atoms with Crippen LogP contribution in [0.5, 0.6) is 5.75 Å². The van der Waals surface area contributed by atoms with Crippen LogP contribution in [0, 0.1) is 6.92 Å². The van der Waals surface area contributed by atoms with Crippen LogP contribution in [-0.4, -0.2) is 58.3 Å². The van der Waals surface area contributed by atoms with Gasteiger partial charge in [-0.05, 0) is 44.9 Å². The van der Waals surface area contributed by atoms with Gasteiger partial charge in [-0.1, -0.05) is 11.6 Å². The van der Waals surface area contributed by atoms with Crippen LogP contribution in [0.2, 0.25) is 5.02 Å². The summed E-state index contributed by atoms with van der Waals surface area (Å²) in [5.74, 6) is 0.683. The Balaban J connectivity index is 1.43. The quantitative estimate of drug-likeness (QED) is 0.412. The second-order valence-electron chi connectivity index (χ2n) is 9.93. The monoisotopic (exact) mass is 492 g/mol. The molecule has 182 valence electrons. The van der Waals surface area contributed by atoms with E-state index in [1.165, 1.54) is 12.8 Å². The van der Waals surface area contributed by atoms with Crippen molar-refractivity contribution in [3.05, 3.63) is 41.2 Å². The van der Waals surface area contributed by atoms with Crippen LogP contribution in [0.3, 0.4) is 0 Å². The average molecular weight is 493 g/mol. The van der Waals surface area contributed by atoms with Gasteiger partial charge in [0.2, 0.25) is 0 Å². The zero-order valence-corrected chi connectivity index (χ0v) is 21.2. The van der Waals surface area contributed by atoms with Crippen LogP contribution in [0.15, 0.2) is 30.6 Å². The number of anilines is 1. The van der Waals surface area contributed by atoms with Gasteiger partial charge in [-0.15, -0.1) is 0 Å². The molecule has 1 spiro atoms. The highest BCUT2D eigenvalue weighted by molar-refractivity contribution is 6.35. The molecule has 8 nitrogen and oxygen atoms in total. The van der Waals surface area contributed by atoms with Crippen LogP contribution in [0.4, 0.5) is 5.69 Å². The predicted molar refractivity (Wildman–Crippen MR) is 138 cm³/mol. The van der Waals surface area contributed by atoms with E-state index >= 15 is 0 Å². The normalized spacial score (nSPS) is 19.1. The van der Waals surface area contributed by atoms with Gasteiger partial charge in [0.05, 0.1) is 28.1 Å². The molecule has 0 bridgehead atoms. The lowest BCUT2D eigenvalue weighted by atomic mass is 10.0. The van der Waals surface area contributed by atoms with E-state index < -0.39 is 0 Å². The fourth-order valence-corrected chi connectivity index (χ4v) is 5.56. The smallest absolute Gasteiger partial charge is 0.188 e. The van der Waals surface area contributed by atoms with Crippen molar-refractivity contribution in [2.24, 2.45) is 7.05 Å². The Bertz CT molecular complexity index is 1450. The number of halogens is 1. The molecule has 1 N–H and O–H groups in total. The molecular weight excluding hydrogens is 464 g/mol. The van der Waals surface area contributed by atoms with Crippen LogP contribution in [0.1, 0.15) is 25.3 Å². The highest BCUT2D eigenvalue weighted by atomic mass is 35.5. The first-order valence-corrected chi connectivity index (χ1v) is 12.3. The number of methoxy groups -OCH3 is 1. The van der Waals surface area contributed by atoms with Gasteiger partial charge in [-0.3, -0.25) is 4.68 Å². The van der Waals surface area contributed by atoms with Gasteiger partial charge in [0.25, 0.3) is 0 Å². The van der Waals surface area contributed by atoms with E-state index in [0.29, 0.717) is 28.2 Å². The van der Waals surface area contributed by atoms with Gasteiger partial charge >= 0.3 is 0 Å². The Morgan fingerprint density at radius 1 is 1.26 bits per heavy atom. The molecule has 1 aromatic carbocycles. The third kappa shape index (κ3) is 3.99. The van der Waals surface area contributed by atoms with Gasteiger partial charge in [-0.25, -0.2) is 9.97 Å². The molecule has 0 amide bonds. The zero-order chi connectivity index (χ0) is 24.3. The maximum absolute atomic E-state index is 6.85. The molecule has 9 heteroatoms. The number of piperazine rings is 1. The molecule has 2 fully saturated rings. The number of nitrogens with zero attached hydrogens (tertiary/aromatic N) is 5. The standard InChI is InChI=1S/C26H29ClN6O2/c1-15-11-33(13-26(30-15)5-6-26)18-8-19-21(27)9-22(29-25(19)28-10-18)20-7-17-12-32(3)31-23(17)16(2)24(20)35-14-34-4/h7-10,12,15,30H,5-6,11,13-14H2,1-4H3/t15-/m0/s1. The van der Waals surface area contributed by atoms with E-state index in [0.717, 1.165) is 46.2 Å². The average Bonchev–Trinajstić information content (AvgIpc) is 3.44. The number of fused-ring (bicyclic) bond motifs is 2. The third-order valence-electron chi connectivity index (χ3n) is 7.05. The second-order valence-corrected chi connectivity index (χ2v) is 10.3. The number of rotatable bonds is 5. The van der Waals surface area contributed by atoms with Gasteiger partial charge in [0.15, 0.2) is 12.4 Å². The lowest BCUT2D eigenvalue weighted by Gasteiger charge is -2.39. The van der Waals surface area contributed by atoms with E-state index in [-0.39, 0.29) is 12.3 Å². The molecular formula is C26H29ClN6O2. The highest BCUT2D eigenvalue weighted by Gasteiger charge is 2.47. The van der Waals surface area contributed by atoms with Gasteiger partial charge < -0.3 is 19.7 Å². The molecule has 1 saturated carbocycles. The number of nitrogens with one attached hydrogen (secondary N) is 1. The van der Waals surface area contributed by atoms with Crippen molar-refractivity contribution < 1.29 is 9.47 Å². The number of aryl methyl sites for hydroxylation is 2. The maximum Gasteiger partial charge on any atom is 0.188 e. The molecule has 4 heterocycles. The molecule has 1 atom stereocenters. The van der Waals surface area contributed by atoms with Crippen LogP contribution >= 0.6 is 11.6 Å².